The third kappa shape index (κ3) is 2.08. The average molecular weight is 176 g/mol. The van der Waals surface area contributed by atoms with Gasteiger partial charge in [0, 0.05) is 0 Å². The van der Waals surface area contributed by atoms with Crippen molar-refractivity contribution in [3.05, 3.63) is 36.4 Å². The minimum absolute atomic E-state index is 1.13. The van der Waals surface area contributed by atoms with Crippen molar-refractivity contribution >= 4 is 19.3 Å². The van der Waals surface area contributed by atoms with E-state index in [1.165, 1.54) is 10.8 Å². The maximum Gasteiger partial charge on any atom is 0.0776 e. The number of rotatable bonds is 2. The van der Waals surface area contributed by atoms with Crippen molar-refractivity contribution in [3.63, 3.8) is 0 Å². The third-order valence-corrected chi connectivity index (χ3v) is 4.03. The lowest BCUT2D eigenvalue weighted by Gasteiger charge is -2.16. The Kier molecular flexibility index (Phi) is 2.53. The highest BCUT2D eigenvalue weighted by molar-refractivity contribution is 6.88. The van der Waals surface area contributed by atoms with Gasteiger partial charge in [-0.25, -0.2) is 0 Å². The van der Waals surface area contributed by atoms with Gasteiger partial charge in [0.15, 0.2) is 0 Å². The van der Waals surface area contributed by atoms with Gasteiger partial charge in [-0.2, -0.15) is 0 Å². The zero-order chi connectivity index (χ0) is 9.19. The Morgan fingerprint density at radius 3 is 2.42 bits per heavy atom. The predicted molar refractivity (Wildman–Crippen MR) is 59.5 cm³/mol. The molecule has 1 rings (SSSR count). The van der Waals surface area contributed by atoms with Crippen molar-refractivity contribution in [2.24, 2.45) is 0 Å². The molecule has 0 aromatic heterocycles. The summed E-state index contributed by atoms with van der Waals surface area (Å²) in [6.07, 6.45) is 1.91. The first-order valence-electron chi connectivity index (χ1n) is 4.27. The topological polar surface area (TPSA) is 0 Å². The van der Waals surface area contributed by atoms with Crippen LogP contribution in [-0.4, -0.2) is 8.07 Å². The summed E-state index contributed by atoms with van der Waals surface area (Å²) < 4.78 is 0. The highest BCUT2D eigenvalue weighted by Gasteiger charge is 2.15. The molecule has 0 radical (unpaired) electrons. The van der Waals surface area contributed by atoms with Crippen molar-refractivity contribution in [2.75, 3.05) is 0 Å². The van der Waals surface area contributed by atoms with Crippen molar-refractivity contribution < 1.29 is 0 Å². The van der Waals surface area contributed by atoms with Crippen LogP contribution in [0.25, 0.3) is 6.08 Å². The molecule has 1 heteroatoms. The van der Waals surface area contributed by atoms with Crippen LogP contribution >= 0.6 is 0 Å². The molecule has 0 amide bonds. The molecule has 64 valence electrons. The van der Waals surface area contributed by atoms with E-state index in [1.807, 2.05) is 6.08 Å². The zero-order valence-corrected chi connectivity index (χ0v) is 9.09. The molecule has 0 saturated carbocycles. The fraction of sp³-hybridized carbons (Fsp3) is 0.273. The Bertz CT molecular complexity index is 281. The van der Waals surface area contributed by atoms with Crippen molar-refractivity contribution in [1.29, 1.82) is 0 Å². The maximum atomic E-state index is 3.77. The normalized spacial score (nSPS) is 11.2. The summed E-state index contributed by atoms with van der Waals surface area (Å²) in [7, 11) is -1.13. The molecule has 0 N–H and O–H groups in total. The highest BCUT2D eigenvalue weighted by Crippen LogP contribution is 2.05. The maximum absolute atomic E-state index is 3.77. The Balaban J connectivity index is 3.10. The molecule has 0 aliphatic heterocycles. The molecular weight excluding hydrogens is 160 g/mol. The summed E-state index contributed by atoms with van der Waals surface area (Å²) in [5, 5.41) is 1.50. The van der Waals surface area contributed by atoms with Gasteiger partial charge in [-0.3, -0.25) is 0 Å². The molecule has 0 unspecified atom stereocenters. The Labute approximate surface area is 75.9 Å². The molecule has 0 bridgehead atoms. The van der Waals surface area contributed by atoms with Gasteiger partial charge in [-0.05, 0) is 5.56 Å². The second-order valence-corrected chi connectivity index (χ2v) is 9.16. The zero-order valence-electron chi connectivity index (χ0n) is 8.09. The van der Waals surface area contributed by atoms with E-state index in [4.69, 9.17) is 0 Å². The molecule has 12 heavy (non-hydrogen) atoms. The van der Waals surface area contributed by atoms with Crippen LogP contribution in [-0.2, 0) is 0 Å². The van der Waals surface area contributed by atoms with Gasteiger partial charge in [0.25, 0.3) is 0 Å². The van der Waals surface area contributed by atoms with E-state index < -0.39 is 8.07 Å². The van der Waals surface area contributed by atoms with E-state index >= 15 is 0 Å². The Morgan fingerprint density at radius 1 is 1.25 bits per heavy atom. The lowest BCUT2D eigenvalue weighted by Crippen LogP contribution is -2.37. The van der Waals surface area contributed by atoms with Crippen LogP contribution in [0.3, 0.4) is 0 Å². The van der Waals surface area contributed by atoms with Gasteiger partial charge < -0.3 is 0 Å². The van der Waals surface area contributed by atoms with E-state index in [9.17, 15) is 0 Å². The van der Waals surface area contributed by atoms with Crippen LogP contribution in [0, 0.1) is 0 Å². The van der Waals surface area contributed by atoms with Crippen LogP contribution in [0.4, 0.5) is 0 Å². The van der Waals surface area contributed by atoms with Crippen LogP contribution < -0.4 is 5.19 Å². The van der Waals surface area contributed by atoms with E-state index in [0.717, 1.165) is 0 Å². The van der Waals surface area contributed by atoms with Gasteiger partial charge in [-0.1, -0.05) is 61.7 Å². The summed E-state index contributed by atoms with van der Waals surface area (Å²) in [5.41, 5.74) is 1.23. The fourth-order valence-electron chi connectivity index (χ4n) is 1.13. The summed E-state index contributed by atoms with van der Waals surface area (Å²) in [6.45, 7) is 10.8. The summed E-state index contributed by atoms with van der Waals surface area (Å²) >= 11 is 0. The second-order valence-electron chi connectivity index (χ2n) is 4.08. The molecular formula is C11H16Si. The molecule has 0 spiro atoms. The van der Waals surface area contributed by atoms with Crippen LogP contribution in [0.15, 0.2) is 30.8 Å². The van der Waals surface area contributed by atoms with E-state index in [2.05, 4.69) is 50.5 Å². The van der Waals surface area contributed by atoms with Gasteiger partial charge >= 0.3 is 0 Å². The minimum atomic E-state index is -1.13. The SMILES string of the molecule is C=Cc1cccc([Si](C)(C)C)c1. The quantitative estimate of drug-likeness (QED) is 0.608. The monoisotopic (exact) mass is 176 g/mol. The summed E-state index contributed by atoms with van der Waals surface area (Å²) in [5.74, 6) is 0. The summed E-state index contributed by atoms with van der Waals surface area (Å²) in [6, 6.07) is 8.68. The lowest BCUT2D eigenvalue weighted by molar-refractivity contribution is 1.65. The molecule has 1 aromatic carbocycles. The number of hydrogen-bond donors (Lipinski definition) is 0. The molecule has 1 aromatic rings. The standard InChI is InChI=1S/C11H16Si/c1-5-10-7-6-8-11(9-10)12(2,3)4/h5-9H,1H2,2-4H3. The first-order chi connectivity index (χ1) is 5.54. The smallest absolute Gasteiger partial charge is 0.0776 e. The van der Waals surface area contributed by atoms with Crippen LogP contribution in [0.5, 0.6) is 0 Å². The molecule has 0 atom stereocenters. The van der Waals surface area contributed by atoms with E-state index in [0.29, 0.717) is 0 Å². The van der Waals surface area contributed by atoms with Gasteiger partial charge in [0.1, 0.15) is 0 Å². The average Bonchev–Trinajstić information content (AvgIpc) is 2.03. The Morgan fingerprint density at radius 2 is 1.92 bits per heavy atom. The highest BCUT2D eigenvalue weighted by atomic mass is 28.3. The molecule has 0 heterocycles. The summed E-state index contributed by atoms with van der Waals surface area (Å²) in [4.78, 5) is 0. The first kappa shape index (κ1) is 9.27. The Hall–Kier alpha value is -0.823. The molecule has 0 nitrogen and oxygen atoms in total. The van der Waals surface area contributed by atoms with E-state index in [-0.39, 0.29) is 0 Å². The molecule has 0 saturated heterocycles. The minimum Gasteiger partial charge on any atom is -0.0985 e. The lowest BCUT2D eigenvalue weighted by atomic mass is 10.2. The number of benzene rings is 1. The van der Waals surface area contributed by atoms with Crippen molar-refractivity contribution in [1.82, 2.24) is 0 Å². The second kappa shape index (κ2) is 3.28. The van der Waals surface area contributed by atoms with Crippen molar-refractivity contribution in [2.45, 2.75) is 19.6 Å². The van der Waals surface area contributed by atoms with Crippen molar-refractivity contribution in [3.8, 4) is 0 Å². The van der Waals surface area contributed by atoms with Gasteiger partial charge in [-0.15, -0.1) is 0 Å². The van der Waals surface area contributed by atoms with Gasteiger partial charge in [0.2, 0.25) is 0 Å². The fourth-order valence-corrected chi connectivity index (χ4v) is 2.33. The van der Waals surface area contributed by atoms with E-state index in [1.54, 1.807) is 0 Å². The van der Waals surface area contributed by atoms with Gasteiger partial charge in [0.05, 0.1) is 8.07 Å². The first-order valence-corrected chi connectivity index (χ1v) is 7.77. The number of hydrogen-bond acceptors (Lipinski definition) is 0. The molecule has 0 aliphatic carbocycles. The predicted octanol–water partition coefficient (Wildman–Crippen LogP) is 2.87. The molecule has 0 aliphatic rings. The largest absolute Gasteiger partial charge is 0.0985 e. The van der Waals surface area contributed by atoms with Crippen LogP contribution in [0.2, 0.25) is 19.6 Å². The molecule has 0 fully saturated rings. The third-order valence-electron chi connectivity index (χ3n) is 1.99. The van der Waals surface area contributed by atoms with Crippen LogP contribution in [0.1, 0.15) is 5.56 Å².